The lowest BCUT2D eigenvalue weighted by Crippen LogP contribution is -2.47. The van der Waals surface area contributed by atoms with E-state index >= 15 is 0 Å². The van der Waals surface area contributed by atoms with Gasteiger partial charge in [0.05, 0.1) is 5.39 Å². The number of halogens is 1. The van der Waals surface area contributed by atoms with Crippen LogP contribution in [0.3, 0.4) is 0 Å². The van der Waals surface area contributed by atoms with Gasteiger partial charge in [0.1, 0.15) is 0 Å². The molecule has 2 aliphatic heterocycles. The molecule has 1 atom stereocenters. The first-order valence-corrected chi connectivity index (χ1v) is 10.8. The average Bonchev–Trinajstić information content (AvgIpc) is 3.21. The van der Waals surface area contributed by atoms with E-state index in [2.05, 4.69) is 46.1 Å². The summed E-state index contributed by atoms with van der Waals surface area (Å²) in [6.07, 6.45) is 1.64. The highest BCUT2D eigenvalue weighted by atomic mass is 35.5. The minimum absolute atomic E-state index is 0. The molecule has 0 bridgehead atoms. The molecule has 2 aliphatic rings. The number of aromatic nitrogens is 1. The molecule has 0 radical (unpaired) electrons. The number of nitrogens with zero attached hydrogens (tertiary/aromatic N) is 4. The van der Waals surface area contributed by atoms with Crippen molar-refractivity contribution >= 4 is 40.8 Å². The summed E-state index contributed by atoms with van der Waals surface area (Å²) in [7, 11) is 1.88. The fraction of sp³-hybridized carbons (Fsp3) is 0.417. The van der Waals surface area contributed by atoms with Crippen molar-refractivity contribution in [3.63, 3.8) is 0 Å². The van der Waals surface area contributed by atoms with E-state index in [0.717, 1.165) is 61.6 Å². The van der Waals surface area contributed by atoms with Crippen molar-refractivity contribution in [3.05, 3.63) is 53.6 Å². The molecule has 5 rings (SSSR count). The highest BCUT2D eigenvalue weighted by molar-refractivity contribution is 5.96. The minimum atomic E-state index is 0. The van der Waals surface area contributed by atoms with Crippen molar-refractivity contribution in [2.45, 2.75) is 25.7 Å². The number of rotatable bonds is 4. The quantitative estimate of drug-likeness (QED) is 0.611. The van der Waals surface area contributed by atoms with Crippen LogP contribution in [0.2, 0.25) is 0 Å². The molecule has 1 unspecified atom stereocenters. The zero-order valence-corrected chi connectivity index (χ0v) is 18.9. The van der Waals surface area contributed by atoms with E-state index in [9.17, 15) is 4.79 Å². The molecule has 2 aromatic carbocycles. The van der Waals surface area contributed by atoms with Gasteiger partial charge in [-0.15, -0.1) is 12.4 Å². The second-order valence-electron chi connectivity index (χ2n) is 8.53. The number of para-hydroxylation sites is 1. The first-order valence-electron chi connectivity index (χ1n) is 10.8. The first-order chi connectivity index (χ1) is 14.6. The van der Waals surface area contributed by atoms with Crippen molar-refractivity contribution in [2.75, 3.05) is 49.6 Å². The van der Waals surface area contributed by atoms with Gasteiger partial charge in [0.25, 0.3) is 0 Å². The van der Waals surface area contributed by atoms with E-state index in [1.807, 2.05) is 25.2 Å². The number of benzene rings is 2. The number of fused-ring (bicyclic) bond motifs is 2. The Hall–Kier alpha value is -2.57. The zero-order chi connectivity index (χ0) is 20.7. The molecule has 1 aromatic heterocycles. The Kier molecular flexibility index (Phi) is 6.21. The molecule has 164 valence electrons. The molecule has 0 aliphatic carbocycles. The molecule has 7 heteroatoms. The number of carbonyl (C=O) groups excluding carboxylic acids is 1. The molecule has 0 N–H and O–H groups in total. The second-order valence-corrected chi connectivity index (χ2v) is 8.53. The summed E-state index contributed by atoms with van der Waals surface area (Å²) in [6.45, 7) is 7.19. The minimum Gasteiger partial charge on any atom is -0.354 e. The second kappa shape index (κ2) is 8.89. The van der Waals surface area contributed by atoms with Crippen LogP contribution in [0.5, 0.6) is 0 Å². The molecule has 1 fully saturated rings. The van der Waals surface area contributed by atoms with Gasteiger partial charge in [-0.3, -0.25) is 9.69 Å². The van der Waals surface area contributed by atoms with Crippen LogP contribution in [0.4, 0.5) is 11.5 Å². The van der Waals surface area contributed by atoms with Gasteiger partial charge in [0, 0.05) is 51.9 Å². The molecular formula is C24H29ClN4O2. The molecule has 1 amide bonds. The maximum Gasteiger partial charge on any atom is 0.227 e. The summed E-state index contributed by atoms with van der Waals surface area (Å²) in [6, 6.07) is 14.7. The van der Waals surface area contributed by atoms with Crippen molar-refractivity contribution in [3.8, 4) is 0 Å². The van der Waals surface area contributed by atoms with Crippen LogP contribution < -0.4 is 9.80 Å². The smallest absolute Gasteiger partial charge is 0.227 e. The van der Waals surface area contributed by atoms with Gasteiger partial charge in [-0.1, -0.05) is 36.3 Å². The van der Waals surface area contributed by atoms with Crippen molar-refractivity contribution in [1.29, 1.82) is 0 Å². The van der Waals surface area contributed by atoms with Crippen molar-refractivity contribution in [2.24, 2.45) is 0 Å². The number of carbonyl (C=O) groups is 1. The molecule has 31 heavy (non-hydrogen) atoms. The summed E-state index contributed by atoms with van der Waals surface area (Å²) in [5.41, 5.74) is 4.57. The maximum absolute atomic E-state index is 12.1. The monoisotopic (exact) mass is 440 g/mol. The summed E-state index contributed by atoms with van der Waals surface area (Å²) >= 11 is 0. The zero-order valence-electron chi connectivity index (χ0n) is 18.1. The normalized spacial score (nSPS) is 19.4. The SMILES string of the molecule is CC1CC(=O)N(C)c2ccc(CCN3CCN(c4noc5ccccc45)CC3)cc21.Cl. The Morgan fingerprint density at radius 2 is 1.87 bits per heavy atom. The lowest BCUT2D eigenvalue weighted by Gasteiger charge is -2.35. The number of anilines is 2. The molecule has 3 aromatic rings. The van der Waals surface area contributed by atoms with Crippen LogP contribution in [0.1, 0.15) is 30.4 Å². The Labute approximate surface area is 189 Å². The molecule has 1 saturated heterocycles. The van der Waals surface area contributed by atoms with Gasteiger partial charge in [-0.2, -0.15) is 0 Å². The van der Waals surface area contributed by atoms with Gasteiger partial charge in [0.15, 0.2) is 11.4 Å². The number of amides is 1. The third-order valence-corrected chi connectivity index (χ3v) is 6.59. The lowest BCUT2D eigenvalue weighted by molar-refractivity contribution is -0.119. The van der Waals surface area contributed by atoms with Gasteiger partial charge in [-0.25, -0.2) is 0 Å². The Morgan fingerprint density at radius 3 is 2.68 bits per heavy atom. The topological polar surface area (TPSA) is 52.8 Å². The third-order valence-electron chi connectivity index (χ3n) is 6.59. The number of hydrogen-bond acceptors (Lipinski definition) is 5. The van der Waals surface area contributed by atoms with Gasteiger partial charge in [-0.05, 0) is 41.7 Å². The Balaban J connectivity index is 0.00000231. The Bertz CT molecular complexity index is 1070. The molecule has 0 spiro atoms. The fourth-order valence-electron chi connectivity index (χ4n) is 4.67. The molecule has 3 heterocycles. The van der Waals surface area contributed by atoms with Crippen molar-refractivity contribution in [1.82, 2.24) is 10.1 Å². The van der Waals surface area contributed by atoms with Crippen LogP contribution in [0.15, 0.2) is 47.0 Å². The van der Waals surface area contributed by atoms with Crippen LogP contribution in [-0.4, -0.2) is 55.7 Å². The van der Waals surface area contributed by atoms with E-state index in [-0.39, 0.29) is 18.3 Å². The Morgan fingerprint density at radius 1 is 1.10 bits per heavy atom. The fourth-order valence-corrected chi connectivity index (χ4v) is 4.67. The van der Waals surface area contributed by atoms with Crippen LogP contribution >= 0.6 is 12.4 Å². The predicted molar refractivity (Wildman–Crippen MR) is 126 cm³/mol. The summed E-state index contributed by atoms with van der Waals surface area (Å²) in [5.74, 6) is 1.47. The van der Waals surface area contributed by atoms with Crippen LogP contribution in [0, 0.1) is 0 Å². The van der Waals surface area contributed by atoms with Crippen LogP contribution in [0.25, 0.3) is 11.0 Å². The summed E-state index contributed by atoms with van der Waals surface area (Å²) in [5, 5.41) is 5.40. The van der Waals surface area contributed by atoms with Gasteiger partial charge < -0.3 is 14.3 Å². The van der Waals surface area contributed by atoms with E-state index in [1.165, 1.54) is 11.1 Å². The van der Waals surface area contributed by atoms with Gasteiger partial charge in [0.2, 0.25) is 5.91 Å². The van der Waals surface area contributed by atoms with E-state index in [0.29, 0.717) is 12.3 Å². The maximum atomic E-state index is 12.1. The van der Waals surface area contributed by atoms with Gasteiger partial charge >= 0.3 is 0 Å². The number of piperazine rings is 1. The van der Waals surface area contributed by atoms with Crippen LogP contribution in [-0.2, 0) is 11.2 Å². The third kappa shape index (κ3) is 4.14. The average molecular weight is 441 g/mol. The standard InChI is InChI=1S/C24H28N4O2.ClH/c1-17-15-23(29)26(2)21-8-7-18(16-20(17)21)9-10-27-11-13-28(14-12-27)24-19-5-3-4-6-22(19)30-25-24;/h3-8,16-17H,9-15H2,1-2H3;1H. The highest BCUT2D eigenvalue weighted by Crippen LogP contribution is 2.35. The largest absolute Gasteiger partial charge is 0.354 e. The summed E-state index contributed by atoms with van der Waals surface area (Å²) < 4.78 is 5.47. The highest BCUT2D eigenvalue weighted by Gasteiger charge is 2.26. The summed E-state index contributed by atoms with van der Waals surface area (Å²) in [4.78, 5) is 18.7. The first kappa shape index (κ1) is 21.7. The predicted octanol–water partition coefficient (Wildman–Crippen LogP) is 4.08. The molecule has 0 saturated carbocycles. The van der Waals surface area contributed by atoms with E-state index in [4.69, 9.17) is 4.52 Å². The van der Waals surface area contributed by atoms with E-state index < -0.39 is 0 Å². The van der Waals surface area contributed by atoms with E-state index in [1.54, 1.807) is 4.90 Å². The molecule has 6 nitrogen and oxygen atoms in total. The number of hydrogen-bond donors (Lipinski definition) is 0. The molecular weight excluding hydrogens is 412 g/mol. The lowest BCUT2D eigenvalue weighted by atomic mass is 9.89. The van der Waals surface area contributed by atoms with Crippen molar-refractivity contribution < 1.29 is 9.32 Å².